The highest BCUT2D eigenvalue weighted by molar-refractivity contribution is 5.97. The topological polar surface area (TPSA) is 99.4 Å². The van der Waals surface area contributed by atoms with Gasteiger partial charge in [0.15, 0.2) is 0 Å². The van der Waals surface area contributed by atoms with Gasteiger partial charge in [-0.15, -0.1) is 0 Å². The molecule has 0 saturated heterocycles. The number of ether oxygens (including phenoxy) is 1. The summed E-state index contributed by atoms with van der Waals surface area (Å²) in [5.74, 6) is -1.03. The lowest BCUT2D eigenvalue weighted by Crippen LogP contribution is -2.16. The number of cyclic esters (lactones) is 1. The fourth-order valence-electron chi connectivity index (χ4n) is 2.74. The van der Waals surface area contributed by atoms with Gasteiger partial charge in [0, 0.05) is 6.07 Å². The molecule has 0 bridgehead atoms. The lowest BCUT2D eigenvalue weighted by atomic mass is 10.0. The van der Waals surface area contributed by atoms with Gasteiger partial charge in [0.1, 0.15) is 17.1 Å². The summed E-state index contributed by atoms with van der Waals surface area (Å²) >= 11 is 0. The van der Waals surface area contributed by atoms with Gasteiger partial charge in [0.25, 0.3) is 0 Å². The molecule has 1 aromatic carbocycles. The van der Waals surface area contributed by atoms with E-state index in [0.717, 1.165) is 31.0 Å². The second-order valence-electron chi connectivity index (χ2n) is 6.00. The predicted molar refractivity (Wildman–Crippen MR) is 90.6 cm³/mol. The first-order valence-corrected chi connectivity index (χ1v) is 8.14. The van der Waals surface area contributed by atoms with E-state index < -0.39 is 5.97 Å². The third kappa shape index (κ3) is 4.75. The van der Waals surface area contributed by atoms with Crippen LogP contribution in [0.15, 0.2) is 23.4 Å². The molecule has 1 atom stereocenters. The Morgan fingerprint density at radius 3 is 2.71 bits per heavy atom. The fraction of sp³-hybridized carbons (Fsp3) is 0.444. The highest BCUT2D eigenvalue weighted by Gasteiger charge is 2.20. The summed E-state index contributed by atoms with van der Waals surface area (Å²) in [6.07, 6.45) is 7.50. The minimum Gasteiger partial charge on any atom is -0.508 e. The second kappa shape index (κ2) is 8.38. The van der Waals surface area contributed by atoms with E-state index in [0.29, 0.717) is 24.8 Å². The first kappa shape index (κ1) is 17.8. The molecule has 0 aliphatic carbocycles. The van der Waals surface area contributed by atoms with Crippen LogP contribution in [0.25, 0.3) is 6.08 Å². The molecule has 2 rings (SSSR count). The molecule has 6 heteroatoms. The fourth-order valence-corrected chi connectivity index (χ4v) is 2.74. The molecule has 0 amide bonds. The SMILES string of the molecule is C[C@H]1CCC/C(=N/O)CCC/C=C/c2cc(O)cc(O)c2C(=O)O1. The van der Waals surface area contributed by atoms with Crippen LogP contribution >= 0.6 is 0 Å². The summed E-state index contributed by atoms with van der Waals surface area (Å²) in [7, 11) is 0. The maximum Gasteiger partial charge on any atom is 0.342 e. The average Bonchev–Trinajstić information content (AvgIpc) is 2.51. The summed E-state index contributed by atoms with van der Waals surface area (Å²) < 4.78 is 5.39. The summed E-state index contributed by atoms with van der Waals surface area (Å²) in [5, 5.41) is 32.0. The van der Waals surface area contributed by atoms with Crippen LogP contribution in [0.4, 0.5) is 0 Å². The van der Waals surface area contributed by atoms with Gasteiger partial charge in [-0.25, -0.2) is 4.79 Å². The van der Waals surface area contributed by atoms with Crippen LogP contribution in [0, 0.1) is 0 Å². The van der Waals surface area contributed by atoms with Gasteiger partial charge in [-0.1, -0.05) is 17.3 Å². The highest BCUT2D eigenvalue weighted by atomic mass is 16.5. The molecule has 0 saturated carbocycles. The monoisotopic (exact) mass is 333 g/mol. The molecule has 0 spiro atoms. The first-order chi connectivity index (χ1) is 11.5. The lowest BCUT2D eigenvalue weighted by Gasteiger charge is -2.16. The largest absolute Gasteiger partial charge is 0.508 e. The van der Waals surface area contributed by atoms with Crippen LogP contribution in [0.5, 0.6) is 11.5 Å². The van der Waals surface area contributed by atoms with Crippen molar-refractivity contribution in [1.82, 2.24) is 0 Å². The molecular formula is C18H23NO5. The Morgan fingerprint density at radius 2 is 1.96 bits per heavy atom. The zero-order valence-electron chi connectivity index (χ0n) is 13.7. The molecule has 6 nitrogen and oxygen atoms in total. The number of oxime groups is 1. The molecule has 0 radical (unpaired) electrons. The van der Waals surface area contributed by atoms with Crippen LogP contribution in [0.3, 0.4) is 0 Å². The molecule has 24 heavy (non-hydrogen) atoms. The molecule has 0 fully saturated rings. The molecule has 0 unspecified atom stereocenters. The number of fused-ring (bicyclic) bond motifs is 1. The Hall–Kier alpha value is -2.50. The van der Waals surface area contributed by atoms with Crippen molar-refractivity contribution in [3.8, 4) is 11.5 Å². The van der Waals surface area contributed by atoms with E-state index in [9.17, 15) is 15.0 Å². The van der Waals surface area contributed by atoms with E-state index in [1.807, 2.05) is 6.08 Å². The third-order valence-electron chi connectivity index (χ3n) is 4.00. The standard InChI is InChI=1S/C18H23NO5/c1-12-6-5-9-14(19-23)8-4-2-3-7-13-10-15(20)11-16(21)17(13)18(22)24-12/h3,7,10-12,20-21,23H,2,4-6,8-9H2,1H3/b7-3+,19-14+/t12-/m0/s1. The predicted octanol–water partition coefficient (Wildman–Crippen LogP) is 3.84. The molecular weight excluding hydrogens is 310 g/mol. The van der Waals surface area contributed by atoms with Gasteiger partial charge in [0.05, 0.1) is 11.8 Å². The number of phenolic OH excluding ortho intramolecular Hbond substituents is 2. The van der Waals surface area contributed by atoms with Crippen molar-refractivity contribution in [2.45, 2.75) is 51.6 Å². The minimum absolute atomic E-state index is 0.0607. The van der Waals surface area contributed by atoms with Crippen molar-refractivity contribution in [1.29, 1.82) is 0 Å². The number of esters is 1. The van der Waals surface area contributed by atoms with Crippen LogP contribution in [-0.2, 0) is 4.74 Å². The number of nitrogens with zero attached hydrogens (tertiary/aromatic N) is 1. The number of allylic oxidation sites excluding steroid dienone is 1. The van der Waals surface area contributed by atoms with E-state index in [1.54, 1.807) is 13.0 Å². The van der Waals surface area contributed by atoms with Crippen molar-refractivity contribution in [3.63, 3.8) is 0 Å². The Balaban J connectivity index is 2.31. The maximum atomic E-state index is 12.4. The molecule has 3 N–H and O–H groups in total. The Kier molecular flexibility index (Phi) is 6.23. The van der Waals surface area contributed by atoms with E-state index in [2.05, 4.69) is 5.16 Å². The number of hydrogen-bond donors (Lipinski definition) is 3. The van der Waals surface area contributed by atoms with Crippen molar-refractivity contribution in [2.24, 2.45) is 5.16 Å². The van der Waals surface area contributed by atoms with E-state index in [1.165, 1.54) is 6.07 Å². The zero-order valence-corrected chi connectivity index (χ0v) is 13.7. The Morgan fingerprint density at radius 1 is 1.21 bits per heavy atom. The molecule has 0 aromatic heterocycles. The quantitative estimate of drug-likeness (QED) is 0.380. The third-order valence-corrected chi connectivity index (χ3v) is 4.00. The van der Waals surface area contributed by atoms with Gasteiger partial charge in [-0.2, -0.15) is 0 Å². The number of benzene rings is 1. The van der Waals surface area contributed by atoms with Gasteiger partial charge >= 0.3 is 5.97 Å². The normalized spacial score (nSPS) is 23.1. The van der Waals surface area contributed by atoms with Crippen LogP contribution in [0.1, 0.15) is 61.4 Å². The summed E-state index contributed by atoms with van der Waals surface area (Å²) in [4.78, 5) is 12.4. The molecule has 1 aliphatic heterocycles. The number of hydrogen-bond acceptors (Lipinski definition) is 6. The van der Waals surface area contributed by atoms with Crippen molar-refractivity contribution in [2.75, 3.05) is 0 Å². The second-order valence-corrected chi connectivity index (χ2v) is 6.00. The number of phenols is 2. The highest BCUT2D eigenvalue weighted by Crippen LogP contribution is 2.30. The first-order valence-electron chi connectivity index (χ1n) is 8.14. The lowest BCUT2D eigenvalue weighted by molar-refractivity contribution is 0.0318. The van der Waals surface area contributed by atoms with Crippen LogP contribution in [0.2, 0.25) is 0 Å². The molecule has 1 aliphatic rings. The summed E-state index contributed by atoms with van der Waals surface area (Å²) in [6.45, 7) is 1.78. The van der Waals surface area contributed by atoms with Gasteiger partial charge in [0.2, 0.25) is 0 Å². The average molecular weight is 333 g/mol. The number of aromatic hydroxyl groups is 2. The van der Waals surface area contributed by atoms with Crippen LogP contribution < -0.4 is 0 Å². The molecule has 130 valence electrons. The molecule has 1 aromatic rings. The minimum atomic E-state index is -0.618. The smallest absolute Gasteiger partial charge is 0.342 e. The number of rotatable bonds is 0. The van der Waals surface area contributed by atoms with E-state index in [-0.39, 0.29) is 23.2 Å². The zero-order chi connectivity index (χ0) is 17.5. The van der Waals surface area contributed by atoms with Gasteiger partial charge in [-0.05, 0) is 57.1 Å². The van der Waals surface area contributed by atoms with Crippen molar-refractivity contribution >= 4 is 17.8 Å². The van der Waals surface area contributed by atoms with Gasteiger partial charge in [-0.3, -0.25) is 0 Å². The van der Waals surface area contributed by atoms with Crippen LogP contribution in [-0.4, -0.2) is 33.2 Å². The number of carbonyl (C=O) groups is 1. The van der Waals surface area contributed by atoms with Gasteiger partial charge < -0.3 is 20.2 Å². The van der Waals surface area contributed by atoms with Crippen molar-refractivity contribution in [3.05, 3.63) is 29.3 Å². The maximum absolute atomic E-state index is 12.4. The number of carbonyl (C=O) groups excluding carboxylic acids is 1. The Bertz CT molecular complexity index is 651. The summed E-state index contributed by atoms with van der Waals surface area (Å²) in [6, 6.07) is 2.55. The van der Waals surface area contributed by atoms with Crippen molar-refractivity contribution < 1.29 is 25.0 Å². The molecule has 1 heterocycles. The van der Waals surface area contributed by atoms with E-state index in [4.69, 9.17) is 9.94 Å². The summed E-state index contributed by atoms with van der Waals surface area (Å²) in [5.41, 5.74) is 1.22. The Labute approximate surface area is 141 Å². The van der Waals surface area contributed by atoms with E-state index >= 15 is 0 Å².